The van der Waals surface area contributed by atoms with Crippen molar-refractivity contribution in [2.45, 2.75) is 11.4 Å². The maximum absolute atomic E-state index is 13.6. The van der Waals surface area contributed by atoms with Crippen LogP contribution in [0.1, 0.15) is 5.56 Å². The molecule has 0 atom stereocenters. The fourth-order valence-corrected chi connectivity index (χ4v) is 2.54. The highest BCUT2D eigenvalue weighted by Crippen LogP contribution is 2.27. The number of para-hydroxylation sites is 1. The highest BCUT2D eigenvalue weighted by atomic mass is 32.2. The summed E-state index contributed by atoms with van der Waals surface area (Å²) in [5, 5.41) is 3.08. The van der Waals surface area contributed by atoms with Gasteiger partial charge in [-0.2, -0.15) is 0 Å². The molecule has 0 fully saturated rings. The maximum Gasteiger partial charge on any atom is 0.131 e. The van der Waals surface area contributed by atoms with Crippen LogP contribution in [-0.2, 0) is 6.54 Å². The van der Waals surface area contributed by atoms with E-state index in [4.69, 9.17) is 0 Å². The van der Waals surface area contributed by atoms with Gasteiger partial charge in [0.25, 0.3) is 0 Å². The lowest BCUT2D eigenvalue weighted by atomic mass is 10.2. The largest absolute Gasteiger partial charge is 0.380 e. The van der Waals surface area contributed by atoms with Crippen molar-refractivity contribution in [1.29, 1.82) is 0 Å². The first kappa shape index (κ1) is 14.6. The number of halogens is 2. The first-order valence-electron chi connectivity index (χ1n) is 6.22. The number of nitrogens with one attached hydrogen (secondary N) is 1. The summed E-state index contributed by atoms with van der Waals surface area (Å²) >= 11 is 1.62. The molecule has 1 N–H and O–H groups in total. The highest BCUT2D eigenvalue weighted by Gasteiger charge is 2.09. The Balaban J connectivity index is 2.13. The molecule has 0 aliphatic heterocycles. The van der Waals surface area contributed by atoms with Crippen LogP contribution in [0.3, 0.4) is 0 Å². The van der Waals surface area contributed by atoms with Gasteiger partial charge in [-0.1, -0.05) is 24.3 Å². The molecule has 0 radical (unpaired) electrons. The van der Waals surface area contributed by atoms with Crippen LogP contribution in [0, 0.1) is 11.6 Å². The molecule has 0 spiro atoms. The molecule has 2 aromatic carbocycles. The molecule has 1 nitrogen and oxygen atoms in total. The lowest BCUT2D eigenvalue weighted by Crippen LogP contribution is -2.05. The first-order chi connectivity index (χ1) is 9.72. The van der Waals surface area contributed by atoms with E-state index in [9.17, 15) is 8.78 Å². The van der Waals surface area contributed by atoms with Crippen molar-refractivity contribution >= 4 is 17.4 Å². The van der Waals surface area contributed by atoms with E-state index in [2.05, 4.69) is 11.9 Å². The van der Waals surface area contributed by atoms with Gasteiger partial charge in [0.1, 0.15) is 11.6 Å². The van der Waals surface area contributed by atoms with Gasteiger partial charge in [0, 0.05) is 28.4 Å². The van der Waals surface area contributed by atoms with Crippen LogP contribution < -0.4 is 5.32 Å². The zero-order valence-electron chi connectivity index (χ0n) is 10.9. The molecule has 20 heavy (non-hydrogen) atoms. The van der Waals surface area contributed by atoms with Gasteiger partial charge < -0.3 is 5.32 Å². The smallest absolute Gasteiger partial charge is 0.131 e. The summed E-state index contributed by atoms with van der Waals surface area (Å²) < 4.78 is 27.1. The number of benzene rings is 2. The summed E-state index contributed by atoms with van der Waals surface area (Å²) in [5.74, 6) is -0.283. The topological polar surface area (TPSA) is 12.0 Å². The normalized spacial score (nSPS) is 10.3. The van der Waals surface area contributed by atoms with E-state index in [-0.39, 0.29) is 12.1 Å². The molecule has 0 bridgehead atoms. The molecule has 0 aromatic heterocycles. The molecule has 4 heteroatoms. The minimum atomic E-state index is -0.534. The van der Waals surface area contributed by atoms with E-state index in [1.165, 1.54) is 18.2 Å². The van der Waals surface area contributed by atoms with Crippen molar-refractivity contribution in [1.82, 2.24) is 0 Å². The summed E-state index contributed by atoms with van der Waals surface area (Å²) in [4.78, 5) is 1.03. The molecule has 104 valence electrons. The maximum atomic E-state index is 13.6. The first-order valence-corrected chi connectivity index (χ1v) is 7.20. The van der Waals surface area contributed by atoms with E-state index in [1.807, 2.05) is 30.3 Å². The SMILES string of the molecule is C=CCSc1ccccc1NCc1c(F)cccc1F. The molecule has 0 heterocycles. The van der Waals surface area contributed by atoms with Gasteiger partial charge in [0.05, 0.1) is 0 Å². The molecular formula is C16H15F2NS. The van der Waals surface area contributed by atoms with Crippen LogP contribution in [0.25, 0.3) is 0 Å². The predicted molar refractivity (Wildman–Crippen MR) is 81.0 cm³/mol. The fraction of sp³-hybridized carbons (Fsp3) is 0.125. The predicted octanol–water partition coefficient (Wildman–Crippen LogP) is 4.86. The van der Waals surface area contributed by atoms with Crippen LogP contribution in [0.4, 0.5) is 14.5 Å². The van der Waals surface area contributed by atoms with Crippen molar-refractivity contribution in [3.63, 3.8) is 0 Å². The summed E-state index contributed by atoms with van der Waals surface area (Å²) in [7, 11) is 0. The quantitative estimate of drug-likeness (QED) is 0.603. The standard InChI is InChI=1S/C16H15F2NS/c1-2-10-20-16-9-4-3-8-15(16)19-11-12-13(17)6-5-7-14(12)18/h2-9,19H,1,10-11H2. The van der Waals surface area contributed by atoms with Crippen LogP contribution in [0.5, 0.6) is 0 Å². The zero-order chi connectivity index (χ0) is 14.4. The number of hydrogen-bond donors (Lipinski definition) is 1. The summed E-state index contributed by atoms with van der Waals surface area (Å²) in [6.45, 7) is 3.80. The lowest BCUT2D eigenvalue weighted by molar-refractivity contribution is 0.560. The Labute approximate surface area is 121 Å². The van der Waals surface area contributed by atoms with E-state index in [0.29, 0.717) is 0 Å². The second-order valence-electron chi connectivity index (χ2n) is 4.15. The zero-order valence-corrected chi connectivity index (χ0v) is 11.7. The lowest BCUT2D eigenvalue weighted by Gasteiger charge is -2.12. The third-order valence-corrected chi connectivity index (χ3v) is 3.83. The van der Waals surface area contributed by atoms with Gasteiger partial charge in [0.15, 0.2) is 0 Å². The van der Waals surface area contributed by atoms with Gasteiger partial charge in [-0.3, -0.25) is 0 Å². The third-order valence-electron chi connectivity index (χ3n) is 2.76. The Morgan fingerprint density at radius 3 is 2.45 bits per heavy atom. The van der Waals surface area contributed by atoms with Crippen molar-refractivity contribution in [3.05, 3.63) is 72.3 Å². The van der Waals surface area contributed by atoms with E-state index >= 15 is 0 Å². The van der Waals surface area contributed by atoms with Crippen LogP contribution in [0.15, 0.2) is 60.0 Å². The molecule has 0 saturated heterocycles. The minimum Gasteiger partial charge on any atom is -0.380 e. The second-order valence-corrected chi connectivity index (χ2v) is 5.21. The Morgan fingerprint density at radius 1 is 1.05 bits per heavy atom. The van der Waals surface area contributed by atoms with Crippen molar-refractivity contribution in [3.8, 4) is 0 Å². The van der Waals surface area contributed by atoms with Crippen molar-refractivity contribution in [2.24, 2.45) is 0 Å². The molecule has 2 aromatic rings. The van der Waals surface area contributed by atoms with Gasteiger partial charge >= 0.3 is 0 Å². The van der Waals surface area contributed by atoms with Crippen LogP contribution >= 0.6 is 11.8 Å². The van der Waals surface area contributed by atoms with Gasteiger partial charge in [-0.15, -0.1) is 18.3 Å². The molecule has 0 amide bonds. The number of hydrogen-bond acceptors (Lipinski definition) is 2. The van der Waals surface area contributed by atoms with Gasteiger partial charge in [0.2, 0.25) is 0 Å². The molecular weight excluding hydrogens is 276 g/mol. The monoisotopic (exact) mass is 291 g/mol. The molecule has 0 saturated carbocycles. The highest BCUT2D eigenvalue weighted by molar-refractivity contribution is 7.99. The molecule has 0 aliphatic carbocycles. The average Bonchev–Trinajstić information content (AvgIpc) is 2.45. The Morgan fingerprint density at radius 2 is 1.75 bits per heavy atom. The summed E-state index contributed by atoms with van der Waals surface area (Å²) in [6, 6.07) is 11.6. The van der Waals surface area contributed by atoms with E-state index < -0.39 is 11.6 Å². The molecule has 0 unspecified atom stereocenters. The number of rotatable bonds is 6. The van der Waals surface area contributed by atoms with Crippen LogP contribution in [-0.4, -0.2) is 5.75 Å². The second kappa shape index (κ2) is 7.10. The summed E-state index contributed by atoms with van der Waals surface area (Å²) in [5.41, 5.74) is 0.915. The fourth-order valence-electron chi connectivity index (χ4n) is 1.77. The number of thioether (sulfide) groups is 1. The average molecular weight is 291 g/mol. The molecule has 2 rings (SSSR count). The van der Waals surface area contributed by atoms with Gasteiger partial charge in [-0.25, -0.2) is 8.78 Å². The van der Waals surface area contributed by atoms with E-state index in [1.54, 1.807) is 11.8 Å². The Kier molecular flexibility index (Phi) is 5.18. The third kappa shape index (κ3) is 3.61. The van der Waals surface area contributed by atoms with Crippen molar-refractivity contribution < 1.29 is 8.78 Å². The molecule has 0 aliphatic rings. The summed E-state index contributed by atoms with van der Waals surface area (Å²) in [6.07, 6.45) is 1.82. The van der Waals surface area contributed by atoms with E-state index in [0.717, 1.165) is 16.3 Å². The van der Waals surface area contributed by atoms with Gasteiger partial charge in [-0.05, 0) is 24.3 Å². The van der Waals surface area contributed by atoms with Crippen molar-refractivity contribution in [2.75, 3.05) is 11.1 Å². The Hall–Kier alpha value is -1.81. The Bertz CT molecular complexity index is 579. The number of anilines is 1. The minimum absolute atomic E-state index is 0.0519. The van der Waals surface area contributed by atoms with Crippen LogP contribution in [0.2, 0.25) is 0 Å².